The number of benzene rings is 3. The van der Waals surface area contributed by atoms with Gasteiger partial charge in [0.15, 0.2) is 0 Å². The molecule has 2 aliphatic heterocycles. The summed E-state index contributed by atoms with van der Waals surface area (Å²) in [5, 5.41) is 0.244. The van der Waals surface area contributed by atoms with Gasteiger partial charge in [0.05, 0.1) is 29.3 Å². The SMILES string of the molecule is COc1cccc(S(=O)(=O)N2C[C@@H](C(=O)N3CCN(c4cc(C)ccc4C)CC3)N(c3ccccc3Cl)C2=O)c1. The van der Waals surface area contributed by atoms with Crippen molar-refractivity contribution in [2.24, 2.45) is 0 Å². The Morgan fingerprint density at radius 1 is 0.925 bits per heavy atom. The van der Waals surface area contributed by atoms with Gasteiger partial charge in [-0.3, -0.25) is 9.69 Å². The van der Waals surface area contributed by atoms with Gasteiger partial charge in [-0.05, 0) is 55.3 Å². The van der Waals surface area contributed by atoms with E-state index in [-0.39, 0.29) is 28.1 Å². The van der Waals surface area contributed by atoms with E-state index in [1.165, 1.54) is 30.2 Å². The second-order valence-electron chi connectivity index (χ2n) is 9.94. The summed E-state index contributed by atoms with van der Waals surface area (Å²) in [5.74, 6) is 0.0160. The van der Waals surface area contributed by atoms with Crippen LogP contribution in [0, 0.1) is 13.8 Å². The first-order valence-corrected chi connectivity index (χ1v) is 14.8. The van der Waals surface area contributed by atoms with E-state index >= 15 is 0 Å². The first kappa shape index (κ1) is 27.8. The van der Waals surface area contributed by atoms with Crippen molar-refractivity contribution in [2.75, 3.05) is 49.6 Å². The molecule has 0 unspecified atom stereocenters. The van der Waals surface area contributed by atoms with Crippen molar-refractivity contribution in [2.45, 2.75) is 24.8 Å². The molecule has 1 atom stereocenters. The minimum Gasteiger partial charge on any atom is -0.497 e. The Balaban J connectivity index is 1.43. The molecule has 2 heterocycles. The third-order valence-electron chi connectivity index (χ3n) is 7.39. The van der Waals surface area contributed by atoms with Crippen LogP contribution >= 0.6 is 11.6 Å². The number of piperazine rings is 1. The molecule has 210 valence electrons. The number of rotatable bonds is 6. The fourth-order valence-electron chi connectivity index (χ4n) is 5.21. The van der Waals surface area contributed by atoms with Crippen molar-refractivity contribution in [1.29, 1.82) is 0 Å². The zero-order valence-corrected chi connectivity index (χ0v) is 24.2. The van der Waals surface area contributed by atoms with Crippen LogP contribution in [0.2, 0.25) is 5.02 Å². The van der Waals surface area contributed by atoms with Gasteiger partial charge in [0.2, 0.25) is 5.91 Å². The second kappa shape index (κ2) is 11.0. The largest absolute Gasteiger partial charge is 0.497 e. The zero-order valence-electron chi connectivity index (χ0n) is 22.6. The molecule has 2 fully saturated rings. The maximum Gasteiger partial charge on any atom is 0.339 e. The van der Waals surface area contributed by atoms with E-state index in [4.69, 9.17) is 16.3 Å². The topological polar surface area (TPSA) is 90.5 Å². The molecule has 0 radical (unpaired) electrons. The van der Waals surface area contributed by atoms with Gasteiger partial charge in [0.1, 0.15) is 11.8 Å². The molecule has 0 saturated carbocycles. The van der Waals surface area contributed by atoms with Crippen molar-refractivity contribution < 1.29 is 22.7 Å². The first-order valence-electron chi connectivity index (χ1n) is 13.0. The average molecular weight is 583 g/mol. The summed E-state index contributed by atoms with van der Waals surface area (Å²) >= 11 is 6.45. The first-order chi connectivity index (χ1) is 19.1. The van der Waals surface area contributed by atoms with Crippen LogP contribution in [-0.2, 0) is 14.8 Å². The van der Waals surface area contributed by atoms with E-state index in [2.05, 4.69) is 36.9 Å². The smallest absolute Gasteiger partial charge is 0.339 e. The predicted molar refractivity (Wildman–Crippen MR) is 155 cm³/mol. The van der Waals surface area contributed by atoms with Gasteiger partial charge in [-0.15, -0.1) is 0 Å². The Morgan fingerprint density at radius 2 is 1.65 bits per heavy atom. The highest BCUT2D eigenvalue weighted by atomic mass is 35.5. The Labute approximate surface area is 239 Å². The summed E-state index contributed by atoms with van der Waals surface area (Å²) in [6.07, 6.45) is 0. The van der Waals surface area contributed by atoms with Crippen LogP contribution in [0.3, 0.4) is 0 Å². The highest BCUT2D eigenvalue weighted by Crippen LogP contribution is 2.35. The summed E-state index contributed by atoms with van der Waals surface area (Å²) in [6, 6.07) is 16.9. The molecule has 0 aliphatic carbocycles. The Morgan fingerprint density at radius 3 is 2.35 bits per heavy atom. The van der Waals surface area contributed by atoms with Crippen LogP contribution < -0.4 is 14.5 Å². The van der Waals surface area contributed by atoms with E-state index in [1.54, 1.807) is 35.2 Å². The number of carbonyl (C=O) groups is 2. The third-order valence-corrected chi connectivity index (χ3v) is 9.45. The summed E-state index contributed by atoms with van der Waals surface area (Å²) in [6.45, 7) is 5.90. The zero-order chi connectivity index (χ0) is 28.6. The standard InChI is InChI=1S/C29H31ClN4O5S/c1-20-11-12-21(2)26(17-20)31-13-15-32(16-14-31)28(35)27-19-33(29(36)34(27)25-10-5-4-9-24(25)30)40(37,38)23-8-6-7-22(18-23)39-3/h4-12,17-18,27H,13-16,19H2,1-3H3/t27-/m0/s1. The second-order valence-corrected chi connectivity index (χ2v) is 12.2. The number of halogens is 1. The van der Waals surface area contributed by atoms with Gasteiger partial charge in [-0.2, -0.15) is 0 Å². The number of ether oxygens (including phenoxy) is 1. The monoisotopic (exact) mass is 582 g/mol. The number of amides is 3. The molecule has 3 amide bonds. The highest BCUT2D eigenvalue weighted by molar-refractivity contribution is 7.89. The van der Waals surface area contributed by atoms with Crippen LogP contribution in [-0.4, -0.2) is 75.4 Å². The lowest BCUT2D eigenvalue weighted by Crippen LogP contribution is -2.55. The van der Waals surface area contributed by atoms with E-state index in [0.29, 0.717) is 31.9 Å². The lowest BCUT2D eigenvalue weighted by atomic mass is 10.1. The number of urea groups is 1. The molecule has 40 heavy (non-hydrogen) atoms. The van der Waals surface area contributed by atoms with Crippen molar-refractivity contribution in [3.63, 3.8) is 0 Å². The highest BCUT2D eigenvalue weighted by Gasteiger charge is 2.49. The maximum absolute atomic E-state index is 13.9. The minimum atomic E-state index is -4.29. The Kier molecular flexibility index (Phi) is 7.65. The van der Waals surface area contributed by atoms with E-state index in [1.807, 2.05) is 0 Å². The molecule has 3 aromatic rings. The number of para-hydroxylation sites is 1. The predicted octanol–water partition coefficient (Wildman–Crippen LogP) is 4.31. The minimum absolute atomic E-state index is 0.102. The molecule has 0 N–H and O–H groups in total. The van der Waals surface area contributed by atoms with Crippen LogP contribution in [0.25, 0.3) is 0 Å². The molecule has 0 bridgehead atoms. The third kappa shape index (κ3) is 5.09. The fourth-order valence-corrected chi connectivity index (χ4v) is 6.83. The quantitative estimate of drug-likeness (QED) is 0.430. The number of anilines is 2. The maximum atomic E-state index is 13.9. The lowest BCUT2D eigenvalue weighted by molar-refractivity contribution is -0.132. The van der Waals surface area contributed by atoms with Crippen LogP contribution in [0.4, 0.5) is 16.2 Å². The van der Waals surface area contributed by atoms with E-state index in [9.17, 15) is 18.0 Å². The summed E-state index contributed by atoms with van der Waals surface area (Å²) in [7, 11) is -2.85. The van der Waals surface area contributed by atoms with Crippen molar-refractivity contribution in [1.82, 2.24) is 9.21 Å². The average Bonchev–Trinajstić information content (AvgIpc) is 3.31. The van der Waals surface area contributed by atoms with Gasteiger partial charge in [-0.25, -0.2) is 17.5 Å². The van der Waals surface area contributed by atoms with Gasteiger partial charge in [0.25, 0.3) is 10.0 Å². The molecular weight excluding hydrogens is 552 g/mol. The number of aryl methyl sites for hydroxylation is 2. The molecule has 2 saturated heterocycles. The Bertz CT molecular complexity index is 1560. The number of methoxy groups -OCH3 is 1. The van der Waals surface area contributed by atoms with Gasteiger partial charge in [0, 0.05) is 37.9 Å². The number of sulfonamides is 1. The molecule has 0 spiro atoms. The van der Waals surface area contributed by atoms with Crippen LogP contribution in [0.15, 0.2) is 71.6 Å². The number of hydrogen-bond donors (Lipinski definition) is 0. The van der Waals surface area contributed by atoms with Gasteiger partial charge in [-0.1, -0.05) is 41.9 Å². The Hall–Kier alpha value is -3.76. The van der Waals surface area contributed by atoms with Gasteiger partial charge < -0.3 is 14.5 Å². The fraction of sp³-hybridized carbons (Fsp3) is 0.310. The summed E-state index contributed by atoms with van der Waals surface area (Å²) < 4.78 is 33.2. The van der Waals surface area contributed by atoms with Crippen molar-refractivity contribution >= 4 is 44.9 Å². The van der Waals surface area contributed by atoms with Crippen molar-refractivity contribution in [3.8, 4) is 5.75 Å². The van der Waals surface area contributed by atoms with E-state index < -0.39 is 22.1 Å². The summed E-state index contributed by atoms with van der Waals surface area (Å²) in [5.41, 5.74) is 3.74. The molecule has 11 heteroatoms. The van der Waals surface area contributed by atoms with Crippen molar-refractivity contribution in [3.05, 3.63) is 82.9 Å². The number of hydrogen-bond acceptors (Lipinski definition) is 6. The lowest BCUT2D eigenvalue weighted by Gasteiger charge is -2.38. The molecule has 3 aromatic carbocycles. The molecule has 2 aliphatic rings. The summed E-state index contributed by atoms with van der Waals surface area (Å²) in [4.78, 5) is 32.7. The van der Waals surface area contributed by atoms with E-state index in [0.717, 1.165) is 21.1 Å². The molecular formula is C29H31ClN4O5S. The van der Waals surface area contributed by atoms with Gasteiger partial charge >= 0.3 is 6.03 Å². The van der Waals surface area contributed by atoms with Crippen LogP contribution in [0.1, 0.15) is 11.1 Å². The molecule has 5 rings (SSSR count). The molecule has 0 aromatic heterocycles. The van der Waals surface area contributed by atoms with Crippen LogP contribution in [0.5, 0.6) is 5.75 Å². The normalized spacial score (nSPS) is 17.9. The number of carbonyl (C=O) groups excluding carboxylic acids is 2. The number of nitrogens with zero attached hydrogens (tertiary/aromatic N) is 4. The molecule has 9 nitrogen and oxygen atoms in total.